The molecule has 0 aliphatic carbocycles. The van der Waals surface area contributed by atoms with Crippen molar-refractivity contribution in [2.45, 2.75) is 6.92 Å². The predicted molar refractivity (Wildman–Crippen MR) is 67.6 cm³/mol. The quantitative estimate of drug-likeness (QED) is 0.629. The standard InChI is InChI=1S/C11H15ClN2O3/c1-8(7-17-2)6-13-11-5-9(14(15)16)3-4-10(11)12/h3-5,8,13H,6-7H2,1-2H3. The normalized spacial score (nSPS) is 12.2. The molecule has 0 spiro atoms. The maximum Gasteiger partial charge on any atom is 0.271 e. The molecule has 6 heteroatoms. The minimum absolute atomic E-state index is 0.0243. The Kier molecular flexibility index (Phi) is 5.18. The molecule has 1 unspecified atom stereocenters. The second-order valence-corrected chi connectivity index (χ2v) is 4.27. The lowest BCUT2D eigenvalue weighted by Crippen LogP contribution is -2.16. The van der Waals surface area contributed by atoms with Crippen molar-refractivity contribution in [1.82, 2.24) is 0 Å². The van der Waals surface area contributed by atoms with Gasteiger partial charge < -0.3 is 10.1 Å². The Morgan fingerprint density at radius 1 is 1.59 bits per heavy atom. The van der Waals surface area contributed by atoms with E-state index in [1.807, 2.05) is 6.92 Å². The van der Waals surface area contributed by atoms with Gasteiger partial charge in [0.2, 0.25) is 0 Å². The summed E-state index contributed by atoms with van der Waals surface area (Å²) in [6.45, 7) is 3.29. The number of methoxy groups -OCH3 is 1. The molecular weight excluding hydrogens is 244 g/mol. The van der Waals surface area contributed by atoms with E-state index in [0.29, 0.717) is 29.8 Å². The Morgan fingerprint density at radius 3 is 2.88 bits per heavy atom. The highest BCUT2D eigenvalue weighted by atomic mass is 35.5. The molecule has 5 nitrogen and oxygen atoms in total. The lowest BCUT2D eigenvalue weighted by atomic mass is 10.2. The zero-order valence-corrected chi connectivity index (χ0v) is 10.5. The van der Waals surface area contributed by atoms with E-state index in [0.717, 1.165) is 0 Å². The number of nitrogens with one attached hydrogen (secondary N) is 1. The summed E-state index contributed by atoms with van der Waals surface area (Å²) in [6.07, 6.45) is 0. The molecule has 0 radical (unpaired) electrons. The van der Waals surface area contributed by atoms with Crippen molar-refractivity contribution in [3.8, 4) is 0 Å². The van der Waals surface area contributed by atoms with Crippen molar-refractivity contribution in [1.29, 1.82) is 0 Å². The minimum Gasteiger partial charge on any atom is -0.384 e. The third kappa shape index (κ3) is 4.20. The summed E-state index contributed by atoms with van der Waals surface area (Å²) >= 11 is 5.95. The minimum atomic E-state index is -0.444. The third-order valence-electron chi connectivity index (χ3n) is 2.25. The molecule has 0 heterocycles. The van der Waals surface area contributed by atoms with Crippen LogP contribution in [0.3, 0.4) is 0 Å². The summed E-state index contributed by atoms with van der Waals surface area (Å²) < 4.78 is 5.00. The molecule has 0 amide bonds. The molecular formula is C11H15ClN2O3. The molecule has 0 saturated heterocycles. The molecule has 0 aliphatic rings. The molecule has 0 aromatic heterocycles. The highest BCUT2D eigenvalue weighted by molar-refractivity contribution is 6.33. The zero-order valence-electron chi connectivity index (χ0n) is 9.77. The molecule has 1 aromatic rings. The smallest absolute Gasteiger partial charge is 0.271 e. The van der Waals surface area contributed by atoms with E-state index < -0.39 is 4.92 Å². The molecule has 0 aliphatic heterocycles. The molecule has 1 aromatic carbocycles. The van der Waals surface area contributed by atoms with Gasteiger partial charge in [-0.1, -0.05) is 18.5 Å². The number of hydrogen-bond acceptors (Lipinski definition) is 4. The average Bonchev–Trinajstić information content (AvgIpc) is 2.28. The Balaban J connectivity index is 2.69. The van der Waals surface area contributed by atoms with Crippen LogP contribution in [0.25, 0.3) is 0 Å². The molecule has 1 atom stereocenters. The fourth-order valence-corrected chi connectivity index (χ4v) is 1.57. The van der Waals surface area contributed by atoms with Gasteiger partial charge in [-0.3, -0.25) is 10.1 Å². The number of nitro benzene ring substituents is 1. The largest absolute Gasteiger partial charge is 0.384 e. The number of hydrogen-bond donors (Lipinski definition) is 1. The first kappa shape index (κ1) is 13.7. The number of ether oxygens (including phenoxy) is 1. The van der Waals surface area contributed by atoms with Crippen molar-refractivity contribution in [2.24, 2.45) is 5.92 Å². The van der Waals surface area contributed by atoms with E-state index in [2.05, 4.69) is 5.32 Å². The van der Waals surface area contributed by atoms with Crippen LogP contribution in [0, 0.1) is 16.0 Å². The summed E-state index contributed by atoms with van der Waals surface area (Å²) in [5.74, 6) is 0.301. The molecule has 0 bridgehead atoms. The first-order valence-electron chi connectivity index (χ1n) is 5.21. The number of nitro groups is 1. The lowest BCUT2D eigenvalue weighted by Gasteiger charge is -2.13. The lowest BCUT2D eigenvalue weighted by molar-refractivity contribution is -0.384. The Morgan fingerprint density at radius 2 is 2.29 bits per heavy atom. The predicted octanol–water partition coefficient (Wildman–Crippen LogP) is 2.94. The van der Waals surface area contributed by atoms with Gasteiger partial charge in [-0.05, 0) is 12.0 Å². The zero-order chi connectivity index (χ0) is 12.8. The van der Waals surface area contributed by atoms with Crippen molar-refractivity contribution in [3.05, 3.63) is 33.3 Å². The number of nitrogens with zero attached hydrogens (tertiary/aromatic N) is 1. The van der Waals surface area contributed by atoms with Gasteiger partial charge in [0, 0.05) is 25.8 Å². The highest BCUT2D eigenvalue weighted by Gasteiger charge is 2.10. The van der Waals surface area contributed by atoms with Crippen LogP contribution in [0.1, 0.15) is 6.92 Å². The monoisotopic (exact) mass is 258 g/mol. The topological polar surface area (TPSA) is 64.4 Å². The van der Waals surface area contributed by atoms with Crippen molar-refractivity contribution >= 4 is 23.0 Å². The third-order valence-corrected chi connectivity index (χ3v) is 2.58. The number of rotatable bonds is 6. The molecule has 0 fully saturated rings. The summed E-state index contributed by atoms with van der Waals surface area (Å²) in [5.41, 5.74) is 0.597. The second-order valence-electron chi connectivity index (χ2n) is 3.86. The molecule has 1 rings (SSSR count). The van der Waals surface area contributed by atoms with Gasteiger partial charge in [0.25, 0.3) is 5.69 Å². The van der Waals surface area contributed by atoms with Crippen LogP contribution >= 0.6 is 11.6 Å². The van der Waals surface area contributed by atoms with Gasteiger partial charge in [-0.2, -0.15) is 0 Å². The molecule has 1 N–H and O–H groups in total. The number of non-ortho nitro benzene ring substituents is 1. The van der Waals surface area contributed by atoms with Crippen molar-refractivity contribution in [2.75, 3.05) is 25.6 Å². The first-order valence-corrected chi connectivity index (χ1v) is 5.59. The highest BCUT2D eigenvalue weighted by Crippen LogP contribution is 2.26. The van der Waals surface area contributed by atoms with E-state index in [-0.39, 0.29) is 5.69 Å². The van der Waals surface area contributed by atoms with Crippen LogP contribution < -0.4 is 5.32 Å². The van der Waals surface area contributed by atoms with Crippen LogP contribution in [-0.4, -0.2) is 25.2 Å². The molecule has 17 heavy (non-hydrogen) atoms. The number of benzene rings is 1. The van der Waals surface area contributed by atoms with E-state index >= 15 is 0 Å². The van der Waals surface area contributed by atoms with Crippen LogP contribution in [-0.2, 0) is 4.74 Å². The Hall–Kier alpha value is -1.33. The van der Waals surface area contributed by atoms with Crippen LogP contribution in [0.2, 0.25) is 5.02 Å². The van der Waals surface area contributed by atoms with E-state index in [1.165, 1.54) is 18.2 Å². The fourth-order valence-electron chi connectivity index (χ4n) is 1.39. The Labute approximate surface area is 105 Å². The maximum atomic E-state index is 10.6. The van der Waals surface area contributed by atoms with Gasteiger partial charge in [0.15, 0.2) is 0 Å². The number of anilines is 1. The SMILES string of the molecule is COCC(C)CNc1cc([N+](=O)[O-])ccc1Cl. The van der Waals surface area contributed by atoms with Gasteiger partial charge >= 0.3 is 0 Å². The summed E-state index contributed by atoms with van der Waals surface area (Å²) in [7, 11) is 1.64. The average molecular weight is 259 g/mol. The van der Waals surface area contributed by atoms with Gasteiger partial charge in [-0.15, -0.1) is 0 Å². The molecule has 94 valence electrons. The number of halogens is 1. The van der Waals surface area contributed by atoms with Crippen molar-refractivity contribution in [3.63, 3.8) is 0 Å². The van der Waals surface area contributed by atoms with E-state index in [4.69, 9.17) is 16.3 Å². The Bertz CT molecular complexity index is 398. The van der Waals surface area contributed by atoms with E-state index in [9.17, 15) is 10.1 Å². The molecule has 0 saturated carbocycles. The first-order chi connectivity index (χ1) is 8.04. The van der Waals surface area contributed by atoms with E-state index in [1.54, 1.807) is 7.11 Å². The summed E-state index contributed by atoms with van der Waals surface area (Å²) in [4.78, 5) is 10.2. The second kappa shape index (κ2) is 6.42. The van der Waals surface area contributed by atoms with Gasteiger partial charge in [-0.25, -0.2) is 0 Å². The van der Waals surface area contributed by atoms with Crippen molar-refractivity contribution < 1.29 is 9.66 Å². The summed E-state index contributed by atoms with van der Waals surface area (Å²) in [5, 5.41) is 14.2. The maximum absolute atomic E-state index is 10.6. The fraction of sp³-hybridized carbons (Fsp3) is 0.455. The van der Waals surface area contributed by atoms with Gasteiger partial charge in [0.1, 0.15) is 0 Å². The van der Waals surface area contributed by atoms with Crippen LogP contribution in [0.15, 0.2) is 18.2 Å². The van der Waals surface area contributed by atoms with Gasteiger partial charge in [0.05, 0.1) is 22.2 Å². The summed E-state index contributed by atoms with van der Waals surface area (Å²) in [6, 6.07) is 4.33. The van der Waals surface area contributed by atoms with Crippen LogP contribution in [0.5, 0.6) is 0 Å². The van der Waals surface area contributed by atoms with Crippen LogP contribution in [0.4, 0.5) is 11.4 Å².